The van der Waals surface area contributed by atoms with E-state index in [1.54, 1.807) is 11.3 Å². The van der Waals surface area contributed by atoms with E-state index in [1.807, 2.05) is 5.51 Å². The molecule has 1 unspecified atom stereocenters. The van der Waals surface area contributed by atoms with E-state index in [0.29, 0.717) is 6.10 Å². The number of hydrogen-bond acceptors (Lipinski definition) is 4. The molecule has 0 saturated heterocycles. The second-order valence-electron chi connectivity index (χ2n) is 4.60. The van der Waals surface area contributed by atoms with Gasteiger partial charge in [0.1, 0.15) is 0 Å². The molecule has 3 nitrogen and oxygen atoms in total. The van der Waals surface area contributed by atoms with Crippen molar-refractivity contribution in [3.05, 3.63) is 16.1 Å². The van der Waals surface area contributed by atoms with Crippen molar-refractivity contribution in [2.75, 3.05) is 19.7 Å². The number of aryl methyl sites for hydroxylation is 1. The molecule has 0 saturated carbocycles. The number of hydrogen-bond donors (Lipinski definition) is 1. The van der Waals surface area contributed by atoms with Gasteiger partial charge in [-0.05, 0) is 26.3 Å². The monoisotopic (exact) mass is 270 g/mol. The maximum absolute atomic E-state index is 5.97. The largest absolute Gasteiger partial charge is 0.377 e. The van der Waals surface area contributed by atoms with Crippen LogP contribution in [0.4, 0.5) is 0 Å². The summed E-state index contributed by atoms with van der Waals surface area (Å²) in [6.45, 7) is 9.33. The topological polar surface area (TPSA) is 34.1 Å². The Morgan fingerprint density at radius 3 is 2.83 bits per heavy atom. The Morgan fingerprint density at radius 2 is 2.22 bits per heavy atom. The van der Waals surface area contributed by atoms with Gasteiger partial charge >= 0.3 is 0 Å². The lowest BCUT2D eigenvalue weighted by molar-refractivity contribution is 0.0494. The average Bonchev–Trinajstić information content (AvgIpc) is 2.75. The highest BCUT2D eigenvalue weighted by Crippen LogP contribution is 2.13. The molecule has 18 heavy (non-hydrogen) atoms. The predicted octanol–water partition coefficient (Wildman–Crippen LogP) is 3.18. The summed E-state index contributed by atoms with van der Waals surface area (Å²) in [7, 11) is 0. The molecule has 0 amide bonds. The summed E-state index contributed by atoms with van der Waals surface area (Å²) in [5.41, 5.74) is 3.07. The van der Waals surface area contributed by atoms with Crippen LogP contribution in [0.3, 0.4) is 0 Å². The number of nitrogens with zero attached hydrogens (tertiary/aromatic N) is 1. The van der Waals surface area contributed by atoms with Crippen LogP contribution in [-0.2, 0) is 11.2 Å². The molecule has 4 heteroatoms. The van der Waals surface area contributed by atoms with Crippen molar-refractivity contribution in [3.8, 4) is 0 Å². The normalized spacial score (nSPS) is 12.8. The molecule has 1 aromatic heterocycles. The molecular weight excluding hydrogens is 244 g/mol. The highest BCUT2D eigenvalue weighted by Gasteiger charge is 2.08. The quantitative estimate of drug-likeness (QED) is 0.663. The lowest BCUT2D eigenvalue weighted by Crippen LogP contribution is -2.30. The van der Waals surface area contributed by atoms with Crippen LogP contribution in [-0.4, -0.2) is 30.8 Å². The minimum absolute atomic E-state index is 0.356. The third-order valence-electron chi connectivity index (χ3n) is 2.94. The molecule has 0 aliphatic carbocycles. The van der Waals surface area contributed by atoms with Crippen molar-refractivity contribution < 1.29 is 4.74 Å². The number of rotatable bonds is 10. The summed E-state index contributed by atoms with van der Waals surface area (Å²) >= 11 is 1.73. The third-order valence-corrected chi connectivity index (χ3v) is 3.93. The van der Waals surface area contributed by atoms with Crippen molar-refractivity contribution in [2.24, 2.45) is 0 Å². The Balaban J connectivity index is 2.22. The van der Waals surface area contributed by atoms with E-state index in [1.165, 1.54) is 17.7 Å². The zero-order chi connectivity index (χ0) is 13.2. The lowest BCUT2D eigenvalue weighted by atomic mass is 10.2. The molecule has 1 atom stereocenters. The molecule has 0 radical (unpaired) electrons. The van der Waals surface area contributed by atoms with Crippen LogP contribution >= 0.6 is 11.3 Å². The number of nitrogens with one attached hydrogen (secondary N) is 1. The van der Waals surface area contributed by atoms with E-state index in [9.17, 15) is 0 Å². The van der Waals surface area contributed by atoms with Crippen LogP contribution in [0.5, 0.6) is 0 Å². The predicted molar refractivity (Wildman–Crippen MR) is 78.4 cm³/mol. The van der Waals surface area contributed by atoms with Gasteiger partial charge in [-0.15, -0.1) is 11.3 Å². The zero-order valence-corrected chi connectivity index (χ0v) is 12.7. The fourth-order valence-electron chi connectivity index (χ4n) is 1.89. The van der Waals surface area contributed by atoms with E-state index >= 15 is 0 Å². The number of thiazole rings is 1. The summed E-state index contributed by atoms with van der Waals surface area (Å²) in [5.74, 6) is 0. The Labute approximate surface area is 115 Å². The van der Waals surface area contributed by atoms with Crippen LogP contribution < -0.4 is 5.32 Å². The second-order valence-corrected chi connectivity index (χ2v) is 5.54. The standard InChI is InChI=1S/C14H26N2OS/c1-4-6-13(10-15-8-5-2)17-9-7-14-12(3)16-11-18-14/h11,13,15H,4-10H2,1-3H3. The van der Waals surface area contributed by atoms with Crippen molar-refractivity contribution in [2.45, 2.75) is 52.6 Å². The molecule has 1 aromatic rings. The fraction of sp³-hybridized carbons (Fsp3) is 0.786. The summed E-state index contributed by atoms with van der Waals surface area (Å²) in [6, 6.07) is 0. The summed E-state index contributed by atoms with van der Waals surface area (Å²) in [6.07, 6.45) is 4.84. The first kappa shape index (κ1) is 15.6. The molecule has 0 aromatic carbocycles. The molecule has 0 aliphatic rings. The van der Waals surface area contributed by atoms with Crippen LogP contribution in [0.2, 0.25) is 0 Å². The number of aromatic nitrogens is 1. The Hall–Kier alpha value is -0.450. The Bertz CT molecular complexity index is 314. The molecule has 0 bridgehead atoms. The summed E-state index contributed by atoms with van der Waals surface area (Å²) < 4.78 is 5.97. The van der Waals surface area contributed by atoms with Crippen molar-refractivity contribution in [3.63, 3.8) is 0 Å². The molecule has 1 heterocycles. The smallest absolute Gasteiger partial charge is 0.0797 e. The second kappa shape index (κ2) is 9.48. The molecule has 104 valence electrons. The Kier molecular flexibility index (Phi) is 8.22. The lowest BCUT2D eigenvalue weighted by Gasteiger charge is -2.17. The van der Waals surface area contributed by atoms with Gasteiger partial charge in [0.05, 0.1) is 23.9 Å². The first-order valence-corrected chi connectivity index (χ1v) is 7.87. The Morgan fingerprint density at radius 1 is 1.39 bits per heavy atom. The zero-order valence-electron chi connectivity index (χ0n) is 11.9. The van der Waals surface area contributed by atoms with Crippen LogP contribution in [0.15, 0.2) is 5.51 Å². The van der Waals surface area contributed by atoms with E-state index < -0.39 is 0 Å². The minimum Gasteiger partial charge on any atom is -0.377 e. The molecule has 1 N–H and O–H groups in total. The van der Waals surface area contributed by atoms with E-state index in [0.717, 1.165) is 38.2 Å². The number of ether oxygens (including phenoxy) is 1. The fourth-order valence-corrected chi connectivity index (χ4v) is 2.65. The van der Waals surface area contributed by atoms with Crippen molar-refractivity contribution in [1.29, 1.82) is 0 Å². The van der Waals surface area contributed by atoms with Gasteiger partial charge in [-0.3, -0.25) is 0 Å². The van der Waals surface area contributed by atoms with Gasteiger partial charge in [0.15, 0.2) is 0 Å². The molecule has 1 rings (SSSR count). The van der Waals surface area contributed by atoms with Crippen LogP contribution in [0.25, 0.3) is 0 Å². The molecule has 0 fully saturated rings. The van der Waals surface area contributed by atoms with Gasteiger partial charge in [0, 0.05) is 17.8 Å². The van der Waals surface area contributed by atoms with Gasteiger partial charge in [-0.25, -0.2) is 4.98 Å². The van der Waals surface area contributed by atoms with Crippen LogP contribution in [0, 0.1) is 6.92 Å². The van der Waals surface area contributed by atoms with Gasteiger partial charge in [0.25, 0.3) is 0 Å². The molecule has 0 spiro atoms. The van der Waals surface area contributed by atoms with E-state index in [-0.39, 0.29) is 0 Å². The maximum Gasteiger partial charge on any atom is 0.0797 e. The van der Waals surface area contributed by atoms with Gasteiger partial charge in [-0.2, -0.15) is 0 Å². The molecular formula is C14H26N2OS. The third kappa shape index (κ3) is 5.94. The van der Waals surface area contributed by atoms with E-state index in [4.69, 9.17) is 4.74 Å². The van der Waals surface area contributed by atoms with Crippen molar-refractivity contribution in [1.82, 2.24) is 10.3 Å². The van der Waals surface area contributed by atoms with Gasteiger partial charge in [0.2, 0.25) is 0 Å². The van der Waals surface area contributed by atoms with Crippen molar-refractivity contribution >= 4 is 11.3 Å². The molecule has 0 aliphatic heterocycles. The van der Waals surface area contributed by atoms with Gasteiger partial charge in [-0.1, -0.05) is 20.3 Å². The SMILES string of the molecule is CCCNCC(CCC)OCCc1scnc1C. The minimum atomic E-state index is 0.356. The summed E-state index contributed by atoms with van der Waals surface area (Å²) in [5, 5.41) is 3.44. The first-order valence-electron chi connectivity index (χ1n) is 6.99. The van der Waals surface area contributed by atoms with Gasteiger partial charge < -0.3 is 10.1 Å². The maximum atomic E-state index is 5.97. The average molecular weight is 270 g/mol. The first-order chi connectivity index (χ1) is 8.77. The van der Waals surface area contributed by atoms with E-state index in [2.05, 4.69) is 31.1 Å². The summed E-state index contributed by atoms with van der Waals surface area (Å²) in [4.78, 5) is 5.62. The highest BCUT2D eigenvalue weighted by atomic mass is 32.1. The highest BCUT2D eigenvalue weighted by molar-refractivity contribution is 7.09. The van der Waals surface area contributed by atoms with Crippen LogP contribution in [0.1, 0.15) is 43.7 Å².